The van der Waals surface area contributed by atoms with Gasteiger partial charge < -0.3 is 5.11 Å². The topological polar surface area (TPSA) is 81.2 Å². The highest BCUT2D eigenvalue weighted by molar-refractivity contribution is 5.40. The number of nitrogens with zero attached hydrogens (tertiary/aromatic N) is 3. The summed E-state index contributed by atoms with van der Waals surface area (Å²) in [4.78, 5) is 10.1. The number of hydrogen-bond acceptors (Lipinski definition) is 4. The molecule has 0 aliphatic carbocycles. The minimum atomic E-state index is -0.431. The van der Waals surface area contributed by atoms with Gasteiger partial charge in [-0.15, -0.1) is 0 Å². The molecule has 1 heterocycles. The molecular formula is C12H13N3O3. The molecule has 0 amide bonds. The lowest BCUT2D eigenvalue weighted by Crippen LogP contribution is -1.95. The van der Waals surface area contributed by atoms with Gasteiger partial charge in [0, 0.05) is 24.9 Å². The smallest absolute Gasteiger partial charge is 0.269 e. The van der Waals surface area contributed by atoms with Crippen LogP contribution in [0, 0.1) is 10.1 Å². The van der Waals surface area contributed by atoms with E-state index in [1.807, 2.05) is 6.20 Å². The molecule has 0 radical (unpaired) electrons. The van der Waals surface area contributed by atoms with Crippen LogP contribution in [0.5, 0.6) is 0 Å². The maximum absolute atomic E-state index is 10.5. The van der Waals surface area contributed by atoms with Crippen LogP contribution >= 0.6 is 0 Å². The third-order valence-corrected chi connectivity index (χ3v) is 2.58. The lowest BCUT2D eigenvalue weighted by molar-refractivity contribution is -0.384. The Labute approximate surface area is 104 Å². The summed E-state index contributed by atoms with van der Waals surface area (Å²) in [5.74, 6) is 0. The van der Waals surface area contributed by atoms with Crippen LogP contribution in [0.4, 0.5) is 5.69 Å². The summed E-state index contributed by atoms with van der Waals surface area (Å²) in [6.07, 6.45) is 5.06. The first kappa shape index (κ1) is 12.3. The van der Waals surface area contributed by atoms with Crippen LogP contribution in [0.1, 0.15) is 12.0 Å². The molecule has 94 valence electrons. The van der Waals surface area contributed by atoms with Crippen molar-refractivity contribution in [1.29, 1.82) is 0 Å². The molecule has 1 aromatic carbocycles. The number of non-ortho nitro benzene ring substituents is 1. The van der Waals surface area contributed by atoms with Crippen molar-refractivity contribution >= 4 is 5.69 Å². The van der Waals surface area contributed by atoms with E-state index in [9.17, 15) is 10.1 Å². The largest absolute Gasteiger partial charge is 0.396 e. The van der Waals surface area contributed by atoms with Crippen LogP contribution in [0.2, 0.25) is 0 Å². The Kier molecular flexibility index (Phi) is 3.69. The normalized spacial score (nSPS) is 10.5. The van der Waals surface area contributed by atoms with E-state index in [2.05, 4.69) is 5.10 Å². The number of benzene rings is 1. The fraction of sp³-hybridized carbons (Fsp3) is 0.250. The highest BCUT2D eigenvalue weighted by atomic mass is 16.6. The lowest BCUT2D eigenvalue weighted by Gasteiger charge is -2.00. The third kappa shape index (κ3) is 2.72. The summed E-state index contributed by atoms with van der Waals surface area (Å²) in [5, 5.41) is 23.5. The average molecular weight is 247 g/mol. The van der Waals surface area contributed by atoms with Gasteiger partial charge in [-0.2, -0.15) is 5.10 Å². The minimum absolute atomic E-state index is 0.0615. The molecule has 0 atom stereocenters. The Hall–Kier alpha value is -2.21. The van der Waals surface area contributed by atoms with Gasteiger partial charge in [0.1, 0.15) is 0 Å². The van der Waals surface area contributed by atoms with Crippen molar-refractivity contribution in [2.75, 3.05) is 6.61 Å². The van der Waals surface area contributed by atoms with Crippen molar-refractivity contribution in [3.63, 3.8) is 0 Å². The zero-order valence-corrected chi connectivity index (χ0v) is 9.69. The van der Waals surface area contributed by atoms with Crippen molar-refractivity contribution in [3.8, 4) is 5.69 Å². The molecule has 0 unspecified atom stereocenters. The predicted molar refractivity (Wildman–Crippen MR) is 65.6 cm³/mol. The molecule has 2 rings (SSSR count). The Balaban J connectivity index is 2.15. The number of aliphatic hydroxyl groups excluding tert-OH is 1. The molecular weight excluding hydrogens is 234 g/mol. The van der Waals surface area contributed by atoms with Crippen molar-refractivity contribution in [3.05, 3.63) is 52.3 Å². The van der Waals surface area contributed by atoms with Crippen LogP contribution < -0.4 is 0 Å². The van der Waals surface area contributed by atoms with Gasteiger partial charge in [-0.3, -0.25) is 10.1 Å². The van der Waals surface area contributed by atoms with Crippen LogP contribution in [-0.4, -0.2) is 26.4 Å². The molecule has 0 aliphatic heterocycles. The Morgan fingerprint density at radius 2 is 2.06 bits per heavy atom. The monoisotopic (exact) mass is 247 g/mol. The molecule has 0 saturated carbocycles. The molecule has 6 heteroatoms. The second-order valence-corrected chi connectivity index (χ2v) is 3.89. The first-order valence-electron chi connectivity index (χ1n) is 5.60. The molecule has 0 saturated heterocycles. The summed E-state index contributed by atoms with van der Waals surface area (Å²) in [6, 6.07) is 6.21. The van der Waals surface area contributed by atoms with Crippen LogP contribution in [-0.2, 0) is 6.42 Å². The lowest BCUT2D eigenvalue weighted by atomic mass is 10.2. The van der Waals surface area contributed by atoms with E-state index in [0.29, 0.717) is 6.42 Å². The van der Waals surface area contributed by atoms with E-state index in [-0.39, 0.29) is 12.3 Å². The first-order chi connectivity index (χ1) is 8.70. The molecule has 1 N–H and O–H groups in total. The van der Waals surface area contributed by atoms with Crippen LogP contribution in [0.15, 0.2) is 36.7 Å². The van der Waals surface area contributed by atoms with E-state index in [0.717, 1.165) is 17.7 Å². The first-order valence-corrected chi connectivity index (χ1v) is 5.60. The zero-order chi connectivity index (χ0) is 13.0. The van der Waals surface area contributed by atoms with Crippen molar-refractivity contribution in [2.24, 2.45) is 0 Å². The zero-order valence-electron chi connectivity index (χ0n) is 9.69. The predicted octanol–water partition coefficient (Wildman–Crippen LogP) is 1.71. The van der Waals surface area contributed by atoms with E-state index in [1.165, 1.54) is 12.1 Å². The maximum Gasteiger partial charge on any atom is 0.269 e. The van der Waals surface area contributed by atoms with Gasteiger partial charge >= 0.3 is 0 Å². The second-order valence-electron chi connectivity index (χ2n) is 3.89. The second kappa shape index (κ2) is 5.42. The average Bonchev–Trinajstić information content (AvgIpc) is 2.85. The summed E-state index contributed by atoms with van der Waals surface area (Å²) in [5.41, 5.74) is 1.87. The fourth-order valence-electron chi connectivity index (χ4n) is 1.64. The number of aliphatic hydroxyl groups is 1. The third-order valence-electron chi connectivity index (χ3n) is 2.58. The number of nitro groups is 1. The van der Waals surface area contributed by atoms with Gasteiger partial charge in [0.05, 0.1) is 16.8 Å². The van der Waals surface area contributed by atoms with Crippen molar-refractivity contribution in [2.45, 2.75) is 12.8 Å². The summed E-state index contributed by atoms with van der Waals surface area (Å²) in [7, 11) is 0. The van der Waals surface area contributed by atoms with Crippen LogP contribution in [0.3, 0.4) is 0 Å². The highest BCUT2D eigenvalue weighted by Gasteiger charge is 2.06. The van der Waals surface area contributed by atoms with Gasteiger partial charge in [-0.1, -0.05) is 0 Å². The Bertz CT molecular complexity index is 534. The molecule has 0 fully saturated rings. The number of nitro benzene ring substituents is 1. The van der Waals surface area contributed by atoms with Gasteiger partial charge in [0.25, 0.3) is 5.69 Å². The van der Waals surface area contributed by atoms with E-state index >= 15 is 0 Å². The van der Waals surface area contributed by atoms with Gasteiger partial charge in [-0.05, 0) is 30.5 Å². The number of aromatic nitrogens is 2. The SMILES string of the molecule is O=[N+]([O-])c1ccc(-n2cc(CCCO)cn2)cc1. The van der Waals surface area contributed by atoms with Gasteiger partial charge in [0.2, 0.25) is 0 Å². The quantitative estimate of drug-likeness (QED) is 0.644. The maximum atomic E-state index is 10.5. The Morgan fingerprint density at radius 1 is 1.33 bits per heavy atom. The minimum Gasteiger partial charge on any atom is -0.396 e. The molecule has 18 heavy (non-hydrogen) atoms. The molecule has 0 aliphatic rings. The molecule has 1 aromatic heterocycles. The summed E-state index contributed by atoms with van der Waals surface area (Å²) < 4.78 is 1.66. The van der Waals surface area contributed by atoms with E-state index in [4.69, 9.17) is 5.11 Å². The van der Waals surface area contributed by atoms with Crippen molar-refractivity contribution < 1.29 is 10.0 Å². The number of aryl methyl sites for hydroxylation is 1. The summed E-state index contributed by atoms with van der Waals surface area (Å²) >= 11 is 0. The van der Waals surface area contributed by atoms with Gasteiger partial charge in [0.15, 0.2) is 0 Å². The molecule has 2 aromatic rings. The Morgan fingerprint density at radius 3 is 2.67 bits per heavy atom. The van der Waals surface area contributed by atoms with Crippen LogP contribution in [0.25, 0.3) is 5.69 Å². The van der Waals surface area contributed by atoms with E-state index < -0.39 is 4.92 Å². The number of rotatable bonds is 5. The molecule has 6 nitrogen and oxygen atoms in total. The molecule has 0 spiro atoms. The van der Waals surface area contributed by atoms with E-state index in [1.54, 1.807) is 23.0 Å². The van der Waals surface area contributed by atoms with Crippen molar-refractivity contribution in [1.82, 2.24) is 9.78 Å². The van der Waals surface area contributed by atoms with Gasteiger partial charge in [-0.25, -0.2) is 4.68 Å². The standard InChI is InChI=1S/C12H13N3O3/c16-7-1-2-10-8-13-14(9-10)11-3-5-12(6-4-11)15(17)18/h3-6,8-9,16H,1-2,7H2. The summed E-state index contributed by atoms with van der Waals surface area (Å²) in [6.45, 7) is 0.155. The number of hydrogen-bond donors (Lipinski definition) is 1. The highest BCUT2D eigenvalue weighted by Crippen LogP contribution is 2.15. The fourth-order valence-corrected chi connectivity index (χ4v) is 1.64. The molecule has 0 bridgehead atoms.